The van der Waals surface area contributed by atoms with Crippen molar-refractivity contribution in [3.05, 3.63) is 12.7 Å². The van der Waals surface area contributed by atoms with Crippen molar-refractivity contribution in [2.75, 3.05) is 0 Å². The zero-order chi connectivity index (χ0) is 7.33. The van der Waals surface area contributed by atoms with Gasteiger partial charge in [0.05, 0.1) is 5.60 Å². The summed E-state index contributed by atoms with van der Waals surface area (Å²) in [4.78, 5) is 0. The quantitative estimate of drug-likeness (QED) is 0.423. The van der Waals surface area contributed by atoms with Gasteiger partial charge in [-0.2, -0.15) is 0 Å². The van der Waals surface area contributed by atoms with Gasteiger partial charge in [-0.3, -0.25) is 0 Å². The van der Waals surface area contributed by atoms with Gasteiger partial charge in [0.25, 0.3) is 0 Å². The lowest BCUT2D eigenvalue weighted by Gasteiger charge is -2.25. The Morgan fingerprint density at radius 3 is 2.44 bits per heavy atom. The molecule has 0 aromatic heterocycles. The van der Waals surface area contributed by atoms with E-state index < -0.39 is 0 Å². The van der Waals surface area contributed by atoms with Crippen LogP contribution >= 0.6 is 0 Å². The van der Waals surface area contributed by atoms with Gasteiger partial charge < -0.3 is 4.43 Å². The zero-order valence-corrected chi connectivity index (χ0v) is 8.61. The lowest BCUT2D eigenvalue weighted by atomic mass is 10.00. The minimum absolute atomic E-state index is 0.0774. The fraction of sp³-hybridized carbons (Fsp3) is 0.714. The third-order valence-electron chi connectivity index (χ3n) is 1.82. The van der Waals surface area contributed by atoms with Crippen molar-refractivity contribution in [2.24, 2.45) is 0 Å². The summed E-state index contributed by atoms with van der Waals surface area (Å²) in [6.07, 6.45) is 3.96. The second kappa shape index (κ2) is 3.85. The first-order chi connectivity index (χ1) is 4.18. The van der Waals surface area contributed by atoms with E-state index in [-0.39, 0.29) is 5.60 Å². The molecule has 54 valence electrons. The average molecular weight is 144 g/mol. The van der Waals surface area contributed by atoms with E-state index >= 15 is 0 Å². The molecule has 0 fully saturated rings. The van der Waals surface area contributed by atoms with Crippen molar-refractivity contribution in [3.63, 3.8) is 0 Å². The number of hydrogen-bond donors (Lipinski definition) is 0. The lowest BCUT2D eigenvalue weighted by Crippen LogP contribution is -2.25. The fourth-order valence-corrected chi connectivity index (χ4v) is 1.13. The van der Waals surface area contributed by atoms with Crippen molar-refractivity contribution in [2.45, 2.75) is 32.3 Å². The molecule has 1 atom stereocenters. The maximum atomic E-state index is 5.40. The van der Waals surface area contributed by atoms with Crippen LogP contribution < -0.4 is 0 Å². The van der Waals surface area contributed by atoms with Crippen LogP contribution in [0, 0.1) is 0 Å². The van der Waals surface area contributed by atoms with Gasteiger partial charge in [-0.05, 0) is 19.8 Å². The van der Waals surface area contributed by atoms with Crippen LogP contribution in [-0.2, 0) is 4.43 Å². The Balaban J connectivity index is 3.75. The molecule has 0 saturated carbocycles. The highest BCUT2D eigenvalue weighted by atomic mass is 28.2. The summed E-state index contributed by atoms with van der Waals surface area (Å²) >= 11 is 0. The van der Waals surface area contributed by atoms with Gasteiger partial charge in [-0.25, -0.2) is 0 Å². The van der Waals surface area contributed by atoms with Gasteiger partial charge in [0.1, 0.15) is 10.5 Å². The molecule has 0 aliphatic rings. The maximum absolute atomic E-state index is 5.40. The second-order valence-electron chi connectivity index (χ2n) is 2.50. The predicted molar refractivity (Wildman–Crippen MR) is 44.5 cm³/mol. The summed E-state index contributed by atoms with van der Waals surface area (Å²) < 4.78 is 5.40. The first-order valence-corrected chi connectivity index (χ1v) is 4.16. The Bertz CT molecular complexity index is 86.9. The highest BCUT2D eigenvalue weighted by molar-refractivity contribution is 5.98. The summed E-state index contributed by atoms with van der Waals surface area (Å²) in [5.41, 5.74) is 0.0774. The van der Waals surface area contributed by atoms with E-state index in [1.807, 2.05) is 6.08 Å². The van der Waals surface area contributed by atoms with Crippen LogP contribution in [0.2, 0.25) is 0 Å². The largest absolute Gasteiger partial charge is 0.422 e. The highest BCUT2D eigenvalue weighted by Crippen LogP contribution is 2.17. The molecule has 0 aromatic rings. The average Bonchev–Trinajstić information content (AvgIpc) is 1.89. The summed E-state index contributed by atoms with van der Waals surface area (Å²) in [7, 11) is 0.823. The summed E-state index contributed by atoms with van der Waals surface area (Å²) in [6, 6.07) is 0. The third-order valence-corrected chi connectivity index (χ3v) is 2.80. The van der Waals surface area contributed by atoms with Crippen LogP contribution in [0.25, 0.3) is 0 Å². The van der Waals surface area contributed by atoms with E-state index in [9.17, 15) is 0 Å². The first kappa shape index (κ1) is 8.92. The Labute approximate surface area is 60.6 Å². The van der Waals surface area contributed by atoms with Gasteiger partial charge in [0.15, 0.2) is 0 Å². The summed E-state index contributed by atoms with van der Waals surface area (Å²) in [5, 5.41) is 0. The van der Waals surface area contributed by atoms with E-state index in [0.29, 0.717) is 0 Å². The highest BCUT2D eigenvalue weighted by Gasteiger charge is 2.16. The van der Waals surface area contributed by atoms with Crippen molar-refractivity contribution in [1.82, 2.24) is 0 Å². The van der Waals surface area contributed by atoms with Crippen LogP contribution in [0.15, 0.2) is 12.7 Å². The molecule has 2 heteroatoms. The standard InChI is InChI=1S/C7H16OSi/c1-4-6-7(3,5-2)8-9/h4H,1,5-6H2,2-3,9H3. The van der Waals surface area contributed by atoms with Crippen molar-refractivity contribution in [1.29, 1.82) is 0 Å². The van der Waals surface area contributed by atoms with Crippen LogP contribution in [-0.4, -0.2) is 16.1 Å². The molecule has 9 heavy (non-hydrogen) atoms. The third kappa shape index (κ3) is 2.82. The van der Waals surface area contributed by atoms with E-state index in [0.717, 1.165) is 23.3 Å². The SMILES string of the molecule is C=CCC(C)(CC)O[SiH3]. The van der Waals surface area contributed by atoms with Gasteiger partial charge in [0.2, 0.25) is 0 Å². The molecular formula is C7H16OSi. The Morgan fingerprint density at radius 1 is 1.78 bits per heavy atom. The van der Waals surface area contributed by atoms with Crippen molar-refractivity contribution < 1.29 is 4.43 Å². The molecule has 1 unspecified atom stereocenters. The summed E-state index contributed by atoms with van der Waals surface area (Å²) in [6.45, 7) is 7.94. The molecule has 0 radical (unpaired) electrons. The lowest BCUT2D eigenvalue weighted by molar-refractivity contribution is 0.100. The molecule has 1 nitrogen and oxygen atoms in total. The van der Waals surface area contributed by atoms with Crippen LogP contribution in [0.5, 0.6) is 0 Å². The minimum atomic E-state index is 0.0774. The zero-order valence-electron chi connectivity index (χ0n) is 6.61. The number of rotatable bonds is 4. The Morgan fingerprint density at radius 2 is 2.33 bits per heavy atom. The van der Waals surface area contributed by atoms with E-state index in [2.05, 4.69) is 20.4 Å². The molecule has 0 spiro atoms. The molecule has 0 aromatic carbocycles. The normalized spacial score (nSPS) is 17.1. The van der Waals surface area contributed by atoms with E-state index in [1.165, 1.54) is 0 Å². The first-order valence-electron chi connectivity index (χ1n) is 3.34. The molecule has 0 aliphatic heterocycles. The number of hydrogen-bond acceptors (Lipinski definition) is 1. The molecule has 0 amide bonds. The van der Waals surface area contributed by atoms with Crippen molar-refractivity contribution >= 4 is 10.5 Å². The summed E-state index contributed by atoms with van der Waals surface area (Å²) in [5.74, 6) is 0. The molecule has 0 rings (SSSR count). The van der Waals surface area contributed by atoms with E-state index in [4.69, 9.17) is 4.43 Å². The molecular weight excluding hydrogens is 128 g/mol. The Kier molecular flexibility index (Phi) is 3.82. The van der Waals surface area contributed by atoms with Gasteiger partial charge in [-0.15, -0.1) is 6.58 Å². The van der Waals surface area contributed by atoms with Crippen LogP contribution in [0.1, 0.15) is 26.7 Å². The topological polar surface area (TPSA) is 9.23 Å². The molecule has 0 heterocycles. The smallest absolute Gasteiger partial charge is 0.146 e. The van der Waals surface area contributed by atoms with Gasteiger partial charge >= 0.3 is 0 Å². The predicted octanol–water partition coefficient (Wildman–Crippen LogP) is 1.03. The second-order valence-corrected chi connectivity index (χ2v) is 2.91. The van der Waals surface area contributed by atoms with Gasteiger partial charge in [-0.1, -0.05) is 13.0 Å². The van der Waals surface area contributed by atoms with E-state index in [1.54, 1.807) is 0 Å². The molecule has 0 saturated heterocycles. The van der Waals surface area contributed by atoms with Crippen LogP contribution in [0.3, 0.4) is 0 Å². The molecule has 0 aliphatic carbocycles. The van der Waals surface area contributed by atoms with Crippen molar-refractivity contribution in [3.8, 4) is 0 Å². The molecule has 0 N–H and O–H groups in total. The monoisotopic (exact) mass is 144 g/mol. The Hall–Kier alpha value is -0.0831. The fourth-order valence-electron chi connectivity index (χ4n) is 0.677. The molecule has 0 bridgehead atoms. The maximum Gasteiger partial charge on any atom is 0.146 e. The van der Waals surface area contributed by atoms with Crippen LogP contribution in [0.4, 0.5) is 0 Å². The minimum Gasteiger partial charge on any atom is -0.422 e. The van der Waals surface area contributed by atoms with Gasteiger partial charge in [0, 0.05) is 0 Å².